The standard InChI is InChI=1S/C15H21NO2/c1-15(2,3)12-6-4-5-7-13(12)16-11(10-17)8-9-14(16)18/h4-7,11,17H,8-10H2,1-3H3. The van der Waals surface area contributed by atoms with Crippen LogP contribution in [0.5, 0.6) is 0 Å². The number of carbonyl (C=O) groups is 1. The number of anilines is 1. The molecule has 1 aliphatic heterocycles. The van der Waals surface area contributed by atoms with Gasteiger partial charge in [-0.2, -0.15) is 0 Å². The Morgan fingerprint density at radius 1 is 1.33 bits per heavy atom. The molecule has 3 nitrogen and oxygen atoms in total. The van der Waals surface area contributed by atoms with Gasteiger partial charge in [0.25, 0.3) is 0 Å². The van der Waals surface area contributed by atoms with Gasteiger partial charge >= 0.3 is 0 Å². The first-order valence-electron chi connectivity index (χ1n) is 6.47. The number of hydrogen-bond acceptors (Lipinski definition) is 2. The highest BCUT2D eigenvalue weighted by Gasteiger charge is 2.34. The zero-order valence-corrected chi connectivity index (χ0v) is 11.3. The second kappa shape index (κ2) is 4.73. The van der Waals surface area contributed by atoms with Crippen molar-refractivity contribution in [3.8, 4) is 0 Å². The number of aliphatic hydroxyl groups excluding tert-OH is 1. The van der Waals surface area contributed by atoms with Crippen LogP contribution in [0.25, 0.3) is 0 Å². The van der Waals surface area contributed by atoms with Crippen molar-refractivity contribution in [2.24, 2.45) is 0 Å². The van der Waals surface area contributed by atoms with Crippen molar-refractivity contribution in [2.75, 3.05) is 11.5 Å². The van der Waals surface area contributed by atoms with E-state index in [9.17, 15) is 9.90 Å². The largest absolute Gasteiger partial charge is 0.394 e. The van der Waals surface area contributed by atoms with E-state index >= 15 is 0 Å². The lowest BCUT2D eigenvalue weighted by molar-refractivity contribution is -0.117. The first kappa shape index (κ1) is 13.1. The number of rotatable bonds is 2. The first-order valence-corrected chi connectivity index (χ1v) is 6.47. The summed E-state index contributed by atoms with van der Waals surface area (Å²) in [5, 5.41) is 9.42. The highest BCUT2D eigenvalue weighted by atomic mass is 16.3. The van der Waals surface area contributed by atoms with E-state index in [-0.39, 0.29) is 24.0 Å². The number of amides is 1. The van der Waals surface area contributed by atoms with E-state index in [1.165, 1.54) is 0 Å². The van der Waals surface area contributed by atoms with Crippen molar-refractivity contribution >= 4 is 11.6 Å². The SMILES string of the molecule is CC(C)(C)c1ccccc1N1C(=O)CCC1CO. The molecule has 0 saturated carbocycles. The minimum absolute atomic E-state index is 0.0144. The number of hydrogen-bond donors (Lipinski definition) is 1. The van der Waals surface area contributed by atoms with Gasteiger partial charge in [-0.15, -0.1) is 0 Å². The van der Waals surface area contributed by atoms with Crippen LogP contribution in [-0.4, -0.2) is 23.7 Å². The summed E-state index contributed by atoms with van der Waals surface area (Å²) in [5.74, 6) is 0.116. The van der Waals surface area contributed by atoms with Gasteiger partial charge in [0, 0.05) is 12.1 Å². The zero-order chi connectivity index (χ0) is 13.3. The number of benzene rings is 1. The molecule has 1 aliphatic rings. The molecule has 1 aromatic rings. The minimum Gasteiger partial charge on any atom is -0.394 e. The molecule has 0 aliphatic carbocycles. The average molecular weight is 247 g/mol. The highest BCUT2D eigenvalue weighted by Crippen LogP contribution is 2.35. The van der Waals surface area contributed by atoms with E-state index in [1.807, 2.05) is 18.2 Å². The summed E-state index contributed by atoms with van der Waals surface area (Å²) < 4.78 is 0. The van der Waals surface area contributed by atoms with E-state index in [0.717, 1.165) is 17.7 Å². The maximum absolute atomic E-state index is 12.0. The summed E-state index contributed by atoms with van der Waals surface area (Å²) in [5.41, 5.74) is 2.09. The lowest BCUT2D eigenvalue weighted by atomic mass is 9.85. The molecular formula is C15H21NO2. The summed E-state index contributed by atoms with van der Waals surface area (Å²) >= 11 is 0. The van der Waals surface area contributed by atoms with E-state index in [0.29, 0.717) is 6.42 Å². The van der Waals surface area contributed by atoms with Crippen LogP contribution < -0.4 is 4.90 Å². The van der Waals surface area contributed by atoms with Crippen LogP contribution in [0.15, 0.2) is 24.3 Å². The molecule has 0 spiro atoms. The van der Waals surface area contributed by atoms with Crippen LogP contribution in [-0.2, 0) is 10.2 Å². The van der Waals surface area contributed by atoms with Crippen molar-refractivity contribution in [1.29, 1.82) is 0 Å². The molecule has 18 heavy (non-hydrogen) atoms. The van der Waals surface area contributed by atoms with Crippen molar-refractivity contribution in [3.05, 3.63) is 29.8 Å². The van der Waals surface area contributed by atoms with Gasteiger partial charge < -0.3 is 10.0 Å². The van der Waals surface area contributed by atoms with Gasteiger partial charge in [0.05, 0.1) is 12.6 Å². The fraction of sp³-hybridized carbons (Fsp3) is 0.533. The molecular weight excluding hydrogens is 226 g/mol. The van der Waals surface area contributed by atoms with Crippen molar-refractivity contribution < 1.29 is 9.90 Å². The normalized spacial score (nSPS) is 20.6. The molecule has 2 rings (SSSR count). The Morgan fingerprint density at radius 2 is 2.00 bits per heavy atom. The summed E-state index contributed by atoms with van der Waals surface area (Å²) in [6.07, 6.45) is 1.28. The molecule has 1 atom stereocenters. The Balaban J connectivity index is 2.47. The van der Waals surface area contributed by atoms with Gasteiger partial charge in [0.2, 0.25) is 5.91 Å². The van der Waals surface area contributed by atoms with Gasteiger partial charge in [0.15, 0.2) is 0 Å². The Morgan fingerprint density at radius 3 is 2.61 bits per heavy atom. The predicted molar refractivity (Wildman–Crippen MR) is 72.7 cm³/mol. The molecule has 3 heteroatoms. The molecule has 1 unspecified atom stereocenters. The summed E-state index contributed by atoms with van der Waals surface area (Å²) in [7, 11) is 0. The summed E-state index contributed by atoms with van der Waals surface area (Å²) in [6.45, 7) is 6.45. The Bertz CT molecular complexity index is 448. The molecule has 1 fully saturated rings. The average Bonchev–Trinajstić information content (AvgIpc) is 2.69. The van der Waals surface area contributed by atoms with Gasteiger partial charge in [-0.3, -0.25) is 4.79 Å². The molecule has 1 amide bonds. The van der Waals surface area contributed by atoms with Crippen LogP contribution in [0.2, 0.25) is 0 Å². The zero-order valence-electron chi connectivity index (χ0n) is 11.3. The highest BCUT2D eigenvalue weighted by molar-refractivity contribution is 5.97. The number of carbonyl (C=O) groups excluding carboxylic acids is 1. The van der Waals surface area contributed by atoms with E-state index in [1.54, 1.807) is 4.90 Å². The fourth-order valence-electron chi connectivity index (χ4n) is 2.57. The second-order valence-corrected chi connectivity index (χ2v) is 5.91. The quantitative estimate of drug-likeness (QED) is 0.872. The van der Waals surface area contributed by atoms with E-state index in [2.05, 4.69) is 26.8 Å². The molecule has 0 radical (unpaired) electrons. The van der Waals surface area contributed by atoms with Crippen LogP contribution in [0.4, 0.5) is 5.69 Å². The Kier molecular flexibility index (Phi) is 3.44. The lowest BCUT2D eigenvalue weighted by Crippen LogP contribution is -2.37. The van der Waals surface area contributed by atoms with Crippen molar-refractivity contribution in [1.82, 2.24) is 0 Å². The summed E-state index contributed by atoms with van der Waals surface area (Å²) in [4.78, 5) is 13.8. The maximum Gasteiger partial charge on any atom is 0.227 e. The van der Waals surface area contributed by atoms with Crippen LogP contribution in [0.1, 0.15) is 39.2 Å². The molecule has 0 bridgehead atoms. The number of aliphatic hydroxyl groups is 1. The number of para-hydroxylation sites is 1. The molecule has 1 aromatic carbocycles. The van der Waals surface area contributed by atoms with Crippen LogP contribution in [0, 0.1) is 0 Å². The van der Waals surface area contributed by atoms with E-state index < -0.39 is 0 Å². The van der Waals surface area contributed by atoms with E-state index in [4.69, 9.17) is 0 Å². The third kappa shape index (κ3) is 2.27. The maximum atomic E-state index is 12.0. The predicted octanol–water partition coefficient (Wildman–Crippen LogP) is 2.47. The van der Waals surface area contributed by atoms with Crippen LogP contribution in [0.3, 0.4) is 0 Å². The first-order chi connectivity index (χ1) is 8.45. The van der Waals surface area contributed by atoms with Crippen molar-refractivity contribution in [3.63, 3.8) is 0 Å². The fourth-order valence-corrected chi connectivity index (χ4v) is 2.57. The van der Waals surface area contributed by atoms with Gasteiger partial charge in [-0.1, -0.05) is 39.0 Å². The third-order valence-electron chi connectivity index (χ3n) is 3.51. The van der Waals surface area contributed by atoms with Gasteiger partial charge in [0.1, 0.15) is 0 Å². The number of nitrogens with zero attached hydrogens (tertiary/aromatic N) is 1. The smallest absolute Gasteiger partial charge is 0.227 e. The third-order valence-corrected chi connectivity index (χ3v) is 3.51. The van der Waals surface area contributed by atoms with Gasteiger partial charge in [-0.25, -0.2) is 0 Å². The van der Waals surface area contributed by atoms with Gasteiger partial charge in [-0.05, 0) is 23.5 Å². The molecule has 98 valence electrons. The molecule has 1 saturated heterocycles. The molecule has 0 aromatic heterocycles. The Labute approximate surface area is 108 Å². The second-order valence-electron chi connectivity index (χ2n) is 5.91. The lowest BCUT2D eigenvalue weighted by Gasteiger charge is -2.30. The summed E-state index contributed by atoms with van der Waals surface area (Å²) in [6, 6.07) is 7.92. The Hall–Kier alpha value is -1.35. The minimum atomic E-state index is -0.0685. The molecule has 1 heterocycles. The topological polar surface area (TPSA) is 40.5 Å². The van der Waals surface area contributed by atoms with Crippen LogP contribution >= 0.6 is 0 Å². The molecule has 1 N–H and O–H groups in total. The van der Waals surface area contributed by atoms with Crippen molar-refractivity contribution in [2.45, 2.75) is 45.1 Å². The monoisotopic (exact) mass is 247 g/mol.